The molecule has 1 aromatic carbocycles. The molecule has 16 heavy (non-hydrogen) atoms. The highest BCUT2D eigenvalue weighted by molar-refractivity contribution is 5.79. The summed E-state index contributed by atoms with van der Waals surface area (Å²) in [5.74, 6) is -1.61. The van der Waals surface area contributed by atoms with Gasteiger partial charge < -0.3 is 5.32 Å². The van der Waals surface area contributed by atoms with Crippen LogP contribution in [0.1, 0.15) is 30.4 Å². The van der Waals surface area contributed by atoms with Gasteiger partial charge in [-0.3, -0.25) is 4.79 Å². The number of hydrogen-bond acceptors (Lipinski definition) is 1. The number of nitrogens with one attached hydrogen (secondary N) is 1. The molecule has 0 aliphatic carbocycles. The Morgan fingerprint density at radius 3 is 2.44 bits per heavy atom. The first-order valence-electron chi connectivity index (χ1n) is 5.36. The van der Waals surface area contributed by atoms with Gasteiger partial charge in [0.05, 0.1) is 0 Å². The van der Waals surface area contributed by atoms with Crippen LogP contribution < -0.4 is 5.32 Å². The highest BCUT2D eigenvalue weighted by Gasteiger charge is 2.28. The van der Waals surface area contributed by atoms with Crippen LogP contribution in [0, 0.1) is 11.6 Å². The second-order valence-corrected chi connectivity index (χ2v) is 4.03. The van der Waals surface area contributed by atoms with Crippen molar-refractivity contribution in [2.24, 2.45) is 0 Å². The van der Waals surface area contributed by atoms with E-state index in [-0.39, 0.29) is 23.8 Å². The molecule has 1 atom stereocenters. The largest absolute Gasteiger partial charge is 0.355 e. The summed E-state index contributed by atoms with van der Waals surface area (Å²) in [5.41, 5.74) is 0.673. The maximum absolute atomic E-state index is 13.7. The van der Waals surface area contributed by atoms with Gasteiger partial charge in [0.2, 0.25) is 5.91 Å². The quantitative estimate of drug-likeness (QED) is 0.820. The third kappa shape index (κ3) is 1.92. The minimum absolute atomic E-state index is 0.0375. The van der Waals surface area contributed by atoms with Gasteiger partial charge in [0.1, 0.15) is 11.6 Å². The second kappa shape index (κ2) is 4.20. The molecule has 0 bridgehead atoms. The lowest BCUT2D eigenvalue weighted by molar-refractivity contribution is -0.119. The summed E-state index contributed by atoms with van der Waals surface area (Å²) in [4.78, 5) is 11.0. The Labute approximate surface area is 92.7 Å². The normalized spacial score (nSPS) is 19.9. The number of amides is 1. The van der Waals surface area contributed by atoms with Crippen molar-refractivity contribution in [2.75, 3.05) is 6.54 Å². The molecule has 0 aromatic heterocycles. The van der Waals surface area contributed by atoms with E-state index in [4.69, 9.17) is 0 Å². The summed E-state index contributed by atoms with van der Waals surface area (Å²) in [7, 11) is 0. The van der Waals surface area contributed by atoms with Crippen LogP contribution in [0.4, 0.5) is 8.78 Å². The highest BCUT2D eigenvalue weighted by atomic mass is 19.1. The summed E-state index contributed by atoms with van der Waals surface area (Å²) in [5, 5.41) is 2.58. The Morgan fingerprint density at radius 2 is 2.00 bits per heavy atom. The van der Waals surface area contributed by atoms with Crippen LogP contribution in [0.2, 0.25) is 0 Å². The molecule has 4 heteroatoms. The SMILES string of the molecule is CCc1cc(F)c([C@@H]2CNC(=O)C2)c(F)c1. The van der Waals surface area contributed by atoms with E-state index in [9.17, 15) is 13.6 Å². The maximum Gasteiger partial charge on any atom is 0.220 e. The monoisotopic (exact) mass is 225 g/mol. The first-order chi connectivity index (χ1) is 7.61. The third-order valence-corrected chi connectivity index (χ3v) is 2.93. The molecule has 1 heterocycles. The van der Waals surface area contributed by atoms with Crippen LogP contribution >= 0.6 is 0 Å². The maximum atomic E-state index is 13.7. The molecule has 2 nitrogen and oxygen atoms in total. The van der Waals surface area contributed by atoms with Gasteiger partial charge in [0.25, 0.3) is 0 Å². The fourth-order valence-corrected chi connectivity index (χ4v) is 2.04. The molecule has 1 aromatic rings. The predicted octanol–water partition coefficient (Wildman–Crippen LogP) is 2.13. The van der Waals surface area contributed by atoms with E-state index in [0.29, 0.717) is 18.5 Å². The number of aryl methyl sites for hydroxylation is 1. The zero-order chi connectivity index (χ0) is 11.7. The number of benzene rings is 1. The van der Waals surface area contributed by atoms with E-state index in [0.717, 1.165) is 0 Å². The van der Waals surface area contributed by atoms with Gasteiger partial charge >= 0.3 is 0 Å². The van der Waals surface area contributed by atoms with Crippen molar-refractivity contribution in [1.29, 1.82) is 0 Å². The van der Waals surface area contributed by atoms with Gasteiger partial charge in [-0.05, 0) is 24.1 Å². The standard InChI is InChI=1S/C12H13F2NO/c1-2-7-3-9(13)12(10(14)4-7)8-5-11(16)15-6-8/h3-4,8H,2,5-6H2,1H3,(H,15,16)/t8-/m0/s1. The number of hydrogen-bond donors (Lipinski definition) is 1. The van der Waals surface area contributed by atoms with Crippen LogP contribution in [0.5, 0.6) is 0 Å². The lowest BCUT2D eigenvalue weighted by atomic mass is 9.95. The van der Waals surface area contributed by atoms with E-state index in [1.807, 2.05) is 6.92 Å². The fraction of sp³-hybridized carbons (Fsp3) is 0.417. The van der Waals surface area contributed by atoms with Gasteiger partial charge in [-0.1, -0.05) is 6.92 Å². The van der Waals surface area contributed by atoms with Crippen LogP contribution in [-0.2, 0) is 11.2 Å². The summed E-state index contributed by atoms with van der Waals surface area (Å²) in [6.45, 7) is 2.16. The smallest absolute Gasteiger partial charge is 0.220 e. The number of carbonyl (C=O) groups is 1. The summed E-state index contributed by atoms with van der Waals surface area (Å²) < 4.78 is 27.4. The molecule has 1 fully saturated rings. The molecular weight excluding hydrogens is 212 g/mol. The van der Waals surface area contributed by atoms with Crippen molar-refractivity contribution in [3.63, 3.8) is 0 Å². The molecule has 0 saturated carbocycles. The highest BCUT2D eigenvalue weighted by Crippen LogP contribution is 2.28. The van der Waals surface area contributed by atoms with Crippen LogP contribution in [0.3, 0.4) is 0 Å². The van der Waals surface area contributed by atoms with Crippen molar-refractivity contribution in [3.05, 3.63) is 34.9 Å². The predicted molar refractivity (Wildman–Crippen MR) is 56.1 cm³/mol. The fourth-order valence-electron chi connectivity index (χ4n) is 2.04. The van der Waals surface area contributed by atoms with Crippen LogP contribution in [0.15, 0.2) is 12.1 Å². The van der Waals surface area contributed by atoms with Gasteiger partial charge in [0, 0.05) is 24.4 Å². The lowest BCUT2D eigenvalue weighted by Crippen LogP contribution is -2.14. The number of halogens is 2. The topological polar surface area (TPSA) is 29.1 Å². The average molecular weight is 225 g/mol. The number of carbonyl (C=O) groups excluding carboxylic acids is 1. The van der Waals surface area contributed by atoms with Crippen molar-refractivity contribution in [2.45, 2.75) is 25.7 Å². The molecule has 1 N–H and O–H groups in total. The minimum atomic E-state index is -0.543. The molecule has 2 rings (SSSR count). The zero-order valence-electron chi connectivity index (χ0n) is 9.02. The first kappa shape index (κ1) is 11.0. The molecule has 1 aliphatic heterocycles. The Balaban J connectivity index is 2.37. The number of rotatable bonds is 2. The van der Waals surface area contributed by atoms with Crippen molar-refractivity contribution in [3.8, 4) is 0 Å². The van der Waals surface area contributed by atoms with E-state index in [1.165, 1.54) is 12.1 Å². The summed E-state index contributed by atoms with van der Waals surface area (Å²) in [6, 6.07) is 2.70. The average Bonchev–Trinajstić information content (AvgIpc) is 2.63. The van der Waals surface area contributed by atoms with E-state index in [1.54, 1.807) is 0 Å². The van der Waals surface area contributed by atoms with E-state index in [2.05, 4.69) is 5.32 Å². The second-order valence-electron chi connectivity index (χ2n) is 4.03. The lowest BCUT2D eigenvalue weighted by Gasteiger charge is -2.11. The van der Waals surface area contributed by atoms with Gasteiger partial charge in [0.15, 0.2) is 0 Å². The van der Waals surface area contributed by atoms with Crippen molar-refractivity contribution >= 4 is 5.91 Å². The van der Waals surface area contributed by atoms with Gasteiger partial charge in [-0.2, -0.15) is 0 Å². The van der Waals surface area contributed by atoms with Gasteiger partial charge in [-0.15, -0.1) is 0 Å². The van der Waals surface area contributed by atoms with Gasteiger partial charge in [-0.25, -0.2) is 8.78 Å². The Hall–Kier alpha value is -1.45. The first-order valence-corrected chi connectivity index (χ1v) is 5.36. The Bertz CT molecular complexity index is 408. The summed E-state index contributed by atoms with van der Waals surface area (Å²) in [6.07, 6.45) is 0.759. The molecular formula is C12H13F2NO. The molecule has 0 spiro atoms. The molecule has 1 aliphatic rings. The Morgan fingerprint density at radius 1 is 1.38 bits per heavy atom. The Kier molecular flexibility index (Phi) is 2.90. The third-order valence-electron chi connectivity index (χ3n) is 2.93. The van der Waals surface area contributed by atoms with E-state index < -0.39 is 11.6 Å². The molecule has 1 amide bonds. The molecule has 86 valence electrons. The minimum Gasteiger partial charge on any atom is -0.355 e. The van der Waals surface area contributed by atoms with Crippen molar-refractivity contribution < 1.29 is 13.6 Å². The molecule has 1 saturated heterocycles. The summed E-state index contributed by atoms with van der Waals surface area (Å²) >= 11 is 0. The molecule has 0 radical (unpaired) electrons. The zero-order valence-corrected chi connectivity index (χ0v) is 9.02. The van der Waals surface area contributed by atoms with Crippen molar-refractivity contribution in [1.82, 2.24) is 5.32 Å². The molecule has 0 unspecified atom stereocenters. The van der Waals surface area contributed by atoms with E-state index >= 15 is 0 Å². The van der Waals surface area contributed by atoms with Crippen LogP contribution in [-0.4, -0.2) is 12.5 Å². The van der Waals surface area contributed by atoms with Crippen LogP contribution in [0.25, 0.3) is 0 Å².